The number of carbonyl (C=O) groups is 2. The molecule has 5 nitrogen and oxygen atoms in total. The van der Waals surface area contributed by atoms with Gasteiger partial charge in [0.2, 0.25) is 0 Å². The van der Waals surface area contributed by atoms with Crippen LogP contribution in [0.2, 0.25) is 10.0 Å². The monoisotopic (exact) mass is 490 g/mol. The second-order valence-corrected chi connectivity index (χ2v) is 9.52. The van der Waals surface area contributed by atoms with Gasteiger partial charge in [-0.15, -0.1) is 22.7 Å². The Morgan fingerprint density at radius 2 is 1.87 bits per heavy atom. The van der Waals surface area contributed by atoms with Crippen LogP contribution >= 0.6 is 45.9 Å². The largest absolute Gasteiger partial charge is 0.451 e. The number of fused-ring (bicyclic) bond motifs is 1. The molecule has 4 aromatic rings. The van der Waals surface area contributed by atoms with Crippen molar-refractivity contribution in [3.63, 3.8) is 0 Å². The number of ether oxygens (including phenoxy) is 1. The molecule has 0 atom stereocenters. The summed E-state index contributed by atoms with van der Waals surface area (Å²) in [6.07, 6.45) is 0.548. The van der Waals surface area contributed by atoms with E-state index in [2.05, 4.69) is 10.3 Å². The Bertz CT molecular complexity index is 1220. The maximum Gasteiger partial charge on any atom is 0.348 e. The molecule has 2 heterocycles. The minimum absolute atomic E-state index is 0.346. The minimum atomic E-state index is -0.534. The smallest absolute Gasteiger partial charge is 0.348 e. The summed E-state index contributed by atoms with van der Waals surface area (Å²) >= 11 is 14.9. The number of esters is 1. The first-order valence-corrected chi connectivity index (χ1v) is 11.7. The van der Waals surface area contributed by atoms with Gasteiger partial charge in [-0.25, -0.2) is 9.78 Å². The molecule has 0 fully saturated rings. The van der Waals surface area contributed by atoms with Crippen LogP contribution in [0.1, 0.15) is 15.2 Å². The number of carbonyl (C=O) groups excluding carboxylic acids is 2. The molecule has 0 saturated heterocycles. The zero-order chi connectivity index (χ0) is 21.8. The topological polar surface area (TPSA) is 68.3 Å². The van der Waals surface area contributed by atoms with Crippen LogP contribution in [-0.4, -0.2) is 30.0 Å². The number of thiophene rings is 1. The van der Waals surface area contributed by atoms with Crippen LogP contribution in [0.5, 0.6) is 0 Å². The summed E-state index contributed by atoms with van der Waals surface area (Å²) in [6, 6.07) is 16.6. The highest BCUT2D eigenvalue weighted by Gasteiger charge is 2.15. The molecule has 158 valence electrons. The highest BCUT2D eigenvalue weighted by Crippen LogP contribution is 2.34. The van der Waals surface area contributed by atoms with Gasteiger partial charge in [0, 0.05) is 16.6 Å². The van der Waals surface area contributed by atoms with Crippen molar-refractivity contribution in [1.82, 2.24) is 10.3 Å². The Morgan fingerprint density at radius 1 is 1.03 bits per heavy atom. The predicted octanol–water partition coefficient (Wildman–Crippen LogP) is 5.85. The molecular weight excluding hydrogens is 475 g/mol. The number of aromatic nitrogens is 1. The van der Waals surface area contributed by atoms with E-state index in [1.807, 2.05) is 36.4 Å². The molecule has 0 bridgehead atoms. The van der Waals surface area contributed by atoms with Crippen molar-refractivity contribution in [1.29, 1.82) is 0 Å². The molecule has 0 spiro atoms. The number of hydrogen-bond acceptors (Lipinski definition) is 6. The first-order chi connectivity index (χ1) is 15.0. The van der Waals surface area contributed by atoms with Crippen molar-refractivity contribution >= 4 is 68.0 Å². The van der Waals surface area contributed by atoms with Gasteiger partial charge in [0.25, 0.3) is 5.91 Å². The van der Waals surface area contributed by atoms with Gasteiger partial charge in [-0.1, -0.05) is 41.4 Å². The lowest BCUT2D eigenvalue weighted by atomic mass is 10.1. The number of amides is 1. The van der Waals surface area contributed by atoms with Crippen molar-refractivity contribution in [3.05, 3.63) is 75.1 Å². The summed E-state index contributed by atoms with van der Waals surface area (Å²) in [4.78, 5) is 30.2. The summed E-state index contributed by atoms with van der Waals surface area (Å²) in [7, 11) is 0. The van der Waals surface area contributed by atoms with Crippen LogP contribution in [-0.2, 0) is 16.0 Å². The van der Waals surface area contributed by atoms with Crippen LogP contribution in [0, 0.1) is 0 Å². The number of nitrogens with zero attached hydrogens (tertiary/aromatic N) is 1. The van der Waals surface area contributed by atoms with Crippen LogP contribution in [0.25, 0.3) is 20.1 Å². The van der Waals surface area contributed by atoms with E-state index >= 15 is 0 Å². The van der Waals surface area contributed by atoms with Gasteiger partial charge in [0.15, 0.2) is 6.61 Å². The van der Waals surface area contributed by atoms with E-state index in [0.717, 1.165) is 25.7 Å². The van der Waals surface area contributed by atoms with Crippen molar-refractivity contribution in [2.45, 2.75) is 6.42 Å². The number of rotatable bonds is 7. The zero-order valence-electron chi connectivity index (χ0n) is 16.1. The summed E-state index contributed by atoms with van der Waals surface area (Å²) in [6.45, 7) is 0.0278. The lowest BCUT2D eigenvalue weighted by Gasteiger charge is -2.07. The molecule has 0 radical (unpaired) electrons. The molecule has 0 saturated carbocycles. The molecule has 0 unspecified atom stereocenters. The van der Waals surface area contributed by atoms with Crippen LogP contribution in [0.15, 0.2) is 54.6 Å². The predicted molar refractivity (Wildman–Crippen MR) is 126 cm³/mol. The fourth-order valence-electron chi connectivity index (χ4n) is 2.85. The van der Waals surface area contributed by atoms with E-state index in [-0.39, 0.29) is 12.5 Å². The third kappa shape index (κ3) is 5.43. The summed E-state index contributed by atoms with van der Waals surface area (Å²) in [5.74, 6) is -0.908. The summed E-state index contributed by atoms with van der Waals surface area (Å²) in [5, 5.41) is 4.67. The molecule has 31 heavy (non-hydrogen) atoms. The molecule has 1 amide bonds. The first-order valence-electron chi connectivity index (χ1n) is 9.33. The lowest BCUT2D eigenvalue weighted by Crippen LogP contribution is -2.30. The maximum atomic E-state index is 12.3. The molecular formula is C22H16Cl2N2O3S2. The van der Waals surface area contributed by atoms with Crippen molar-refractivity contribution in [3.8, 4) is 9.88 Å². The fraction of sp³-hybridized carbons (Fsp3) is 0.136. The Morgan fingerprint density at radius 3 is 2.68 bits per heavy atom. The van der Waals surface area contributed by atoms with Crippen LogP contribution < -0.4 is 5.32 Å². The van der Waals surface area contributed by atoms with Crippen molar-refractivity contribution in [2.24, 2.45) is 0 Å². The molecule has 0 aliphatic heterocycles. The SMILES string of the molecule is O=C(COC(=O)c1ccc(-c2nc3ccccc3s2)s1)NCCc1ccc(Cl)cc1Cl. The van der Waals surface area contributed by atoms with Gasteiger partial charge in [-0.2, -0.15) is 0 Å². The normalized spacial score (nSPS) is 10.9. The quantitative estimate of drug-likeness (QED) is 0.330. The van der Waals surface area contributed by atoms with E-state index in [1.54, 1.807) is 29.5 Å². The number of hydrogen-bond donors (Lipinski definition) is 1. The van der Waals surface area contributed by atoms with Crippen molar-refractivity contribution < 1.29 is 14.3 Å². The van der Waals surface area contributed by atoms with E-state index in [9.17, 15) is 9.59 Å². The highest BCUT2D eigenvalue weighted by molar-refractivity contribution is 7.26. The van der Waals surface area contributed by atoms with Crippen molar-refractivity contribution in [2.75, 3.05) is 13.2 Å². The van der Waals surface area contributed by atoms with Gasteiger partial charge < -0.3 is 10.1 Å². The first kappa shape index (κ1) is 21.8. The number of halogens is 2. The number of benzene rings is 2. The standard InChI is InChI=1S/C22H16Cl2N2O3S2/c23-14-6-5-13(15(24)11-14)9-10-25-20(27)12-29-22(28)19-8-7-18(30-19)21-26-16-3-1-2-4-17(16)31-21/h1-8,11H,9-10,12H2,(H,25,27). The van der Waals surface area contributed by atoms with E-state index in [1.165, 1.54) is 11.3 Å². The molecule has 0 aliphatic carbocycles. The third-order valence-corrected chi connectivity index (χ3v) is 7.24. The molecule has 2 aromatic heterocycles. The van der Waals surface area contributed by atoms with Gasteiger partial charge >= 0.3 is 5.97 Å². The summed E-state index contributed by atoms with van der Waals surface area (Å²) in [5.41, 5.74) is 1.81. The van der Waals surface area contributed by atoms with E-state index < -0.39 is 5.97 Å². The third-order valence-electron chi connectivity index (χ3n) is 4.38. The second-order valence-electron chi connectivity index (χ2n) is 6.56. The molecule has 9 heteroatoms. The number of para-hydroxylation sites is 1. The lowest BCUT2D eigenvalue weighted by molar-refractivity contribution is -0.124. The maximum absolute atomic E-state index is 12.3. The van der Waals surface area contributed by atoms with E-state index in [4.69, 9.17) is 27.9 Å². The van der Waals surface area contributed by atoms with E-state index in [0.29, 0.717) is 27.9 Å². The minimum Gasteiger partial charge on any atom is -0.451 e. The average Bonchev–Trinajstić information content (AvgIpc) is 3.40. The van der Waals surface area contributed by atoms with Gasteiger partial charge in [0.1, 0.15) is 9.88 Å². The van der Waals surface area contributed by atoms with Gasteiger partial charge in [0.05, 0.1) is 15.1 Å². The molecule has 1 N–H and O–H groups in total. The van der Waals surface area contributed by atoms with Crippen LogP contribution in [0.4, 0.5) is 0 Å². The fourth-order valence-corrected chi connectivity index (χ4v) is 5.28. The Hall–Kier alpha value is -2.45. The average molecular weight is 491 g/mol. The van der Waals surface area contributed by atoms with Gasteiger partial charge in [-0.05, 0) is 48.4 Å². The molecule has 4 rings (SSSR count). The van der Waals surface area contributed by atoms with Gasteiger partial charge in [-0.3, -0.25) is 4.79 Å². The van der Waals surface area contributed by atoms with Crippen LogP contribution in [0.3, 0.4) is 0 Å². The molecule has 2 aromatic carbocycles. The molecule has 0 aliphatic rings. The summed E-state index contributed by atoms with van der Waals surface area (Å²) < 4.78 is 6.23. The Labute approximate surface area is 196 Å². The number of nitrogens with one attached hydrogen (secondary N) is 1. The Kier molecular flexibility index (Phi) is 6.87. The highest BCUT2D eigenvalue weighted by atomic mass is 35.5. The Balaban J connectivity index is 1.27. The second kappa shape index (κ2) is 9.78. The number of thiazole rings is 1. The zero-order valence-corrected chi connectivity index (χ0v) is 19.2.